The maximum Gasteiger partial charge on any atom is 0.352 e. The molecule has 2 rings (SSSR count). The van der Waals surface area contributed by atoms with Crippen molar-refractivity contribution in [2.75, 3.05) is 6.54 Å². The highest BCUT2D eigenvalue weighted by atomic mass is 32.2. The van der Waals surface area contributed by atoms with Gasteiger partial charge in [-0.15, -0.1) is 0 Å². The topological polar surface area (TPSA) is 79.6 Å². The number of rotatable bonds is 6. The van der Waals surface area contributed by atoms with Crippen molar-refractivity contribution in [2.45, 2.75) is 25.3 Å². The number of carbonyl (C=O) groups is 1. The monoisotopic (exact) mass is 336 g/mol. The average Bonchev–Trinajstić information content (AvgIpc) is 2.89. The van der Waals surface area contributed by atoms with Crippen LogP contribution in [0, 0.1) is 6.92 Å². The van der Waals surface area contributed by atoms with Crippen LogP contribution >= 0.6 is 0 Å². The summed E-state index contributed by atoms with van der Waals surface area (Å²) in [5, 5.41) is 9.08. The summed E-state index contributed by atoms with van der Waals surface area (Å²) in [7, 11) is -2.24. The molecule has 1 heterocycles. The first-order valence-electron chi connectivity index (χ1n) is 7.21. The van der Waals surface area contributed by atoms with Crippen LogP contribution in [-0.4, -0.2) is 34.9 Å². The molecule has 23 heavy (non-hydrogen) atoms. The SMILES string of the molecule is CCN(Cc1ccccc1C)S(=O)(=O)c1cc(C(=O)O)n(C)c1. The summed E-state index contributed by atoms with van der Waals surface area (Å²) in [5.41, 5.74) is 1.88. The molecule has 0 aliphatic rings. The Morgan fingerprint density at radius 1 is 1.30 bits per heavy atom. The van der Waals surface area contributed by atoms with E-state index in [9.17, 15) is 13.2 Å². The van der Waals surface area contributed by atoms with E-state index in [4.69, 9.17) is 5.11 Å². The number of aromatic nitrogens is 1. The number of aromatic carboxylic acids is 1. The van der Waals surface area contributed by atoms with Gasteiger partial charge < -0.3 is 9.67 Å². The second-order valence-corrected chi connectivity index (χ2v) is 7.27. The number of aryl methyl sites for hydroxylation is 2. The predicted octanol–water partition coefficient (Wildman–Crippen LogP) is 2.24. The van der Waals surface area contributed by atoms with Crippen molar-refractivity contribution >= 4 is 16.0 Å². The number of benzene rings is 1. The standard InChI is InChI=1S/C16H20N2O4S/c1-4-18(10-13-8-6-5-7-12(13)2)23(21,22)14-9-15(16(19)20)17(3)11-14/h5-9,11H,4,10H2,1-3H3,(H,19,20). The lowest BCUT2D eigenvalue weighted by Crippen LogP contribution is -2.30. The van der Waals surface area contributed by atoms with Crippen LogP contribution in [0.2, 0.25) is 0 Å². The molecule has 0 fully saturated rings. The molecule has 6 nitrogen and oxygen atoms in total. The molecule has 0 amide bonds. The maximum atomic E-state index is 12.8. The lowest BCUT2D eigenvalue weighted by Gasteiger charge is -2.20. The molecule has 7 heteroatoms. The molecule has 0 saturated carbocycles. The number of carboxylic acid groups (broad SMARTS) is 1. The number of carboxylic acids is 1. The van der Waals surface area contributed by atoms with E-state index in [0.29, 0.717) is 6.54 Å². The molecule has 0 spiro atoms. The fraction of sp³-hybridized carbons (Fsp3) is 0.312. The smallest absolute Gasteiger partial charge is 0.352 e. The van der Waals surface area contributed by atoms with Crippen molar-refractivity contribution in [3.63, 3.8) is 0 Å². The molecule has 0 unspecified atom stereocenters. The van der Waals surface area contributed by atoms with Crippen LogP contribution in [-0.2, 0) is 23.6 Å². The Hall–Kier alpha value is -2.12. The predicted molar refractivity (Wildman–Crippen MR) is 86.8 cm³/mol. The van der Waals surface area contributed by atoms with Crippen molar-refractivity contribution in [3.8, 4) is 0 Å². The fourth-order valence-electron chi connectivity index (χ4n) is 2.38. The van der Waals surface area contributed by atoms with E-state index in [-0.39, 0.29) is 17.1 Å². The summed E-state index contributed by atoms with van der Waals surface area (Å²) >= 11 is 0. The molecule has 1 aromatic carbocycles. The van der Waals surface area contributed by atoms with E-state index in [0.717, 1.165) is 11.1 Å². The Morgan fingerprint density at radius 2 is 1.96 bits per heavy atom. The van der Waals surface area contributed by atoms with Gasteiger partial charge in [0.15, 0.2) is 0 Å². The highest BCUT2D eigenvalue weighted by molar-refractivity contribution is 7.89. The van der Waals surface area contributed by atoms with Crippen molar-refractivity contribution in [1.29, 1.82) is 0 Å². The van der Waals surface area contributed by atoms with Gasteiger partial charge in [0.05, 0.1) is 0 Å². The number of hydrogen-bond donors (Lipinski definition) is 1. The fourth-order valence-corrected chi connectivity index (χ4v) is 3.88. The molecule has 0 aliphatic heterocycles. The zero-order valence-corrected chi connectivity index (χ0v) is 14.2. The van der Waals surface area contributed by atoms with Gasteiger partial charge in [-0.05, 0) is 24.1 Å². The van der Waals surface area contributed by atoms with Crippen LogP contribution in [0.4, 0.5) is 0 Å². The summed E-state index contributed by atoms with van der Waals surface area (Å²) in [6.45, 7) is 4.24. The molecule has 0 radical (unpaired) electrons. The second kappa shape index (κ2) is 6.55. The molecular formula is C16H20N2O4S. The number of sulfonamides is 1. The van der Waals surface area contributed by atoms with E-state index in [2.05, 4.69) is 0 Å². The van der Waals surface area contributed by atoms with Gasteiger partial charge in [0.25, 0.3) is 0 Å². The number of hydrogen-bond acceptors (Lipinski definition) is 3. The highest BCUT2D eigenvalue weighted by Gasteiger charge is 2.26. The average molecular weight is 336 g/mol. The Kier molecular flexibility index (Phi) is 4.91. The quantitative estimate of drug-likeness (QED) is 0.877. The van der Waals surface area contributed by atoms with Crippen molar-refractivity contribution < 1.29 is 18.3 Å². The molecule has 0 bridgehead atoms. The van der Waals surface area contributed by atoms with E-state index < -0.39 is 16.0 Å². The van der Waals surface area contributed by atoms with Crippen LogP contribution in [0.3, 0.4) is 0 Å². The molecule has 124 valence electrons. The third kappa shape index (κ3) is 3.46. The van der Waals surface area contributed by atoms with Gasteiger partial charge in [-0.3, -0.25) is 0 Å². The van der Waals surface area contributed by atoms with Crippen LogP contribution in [0.1, 0.15) is 28.5 Å². The third-order valence-corrected chi connectivity index (χ3v) is 5.68. The summed E-state index contributed by atoms with van der Waals surface area (Å²) in [6, 6.07) is 8.79. The first kappa shape index (κ1) is 17.2. The highest BCUT2D eigenvalue weighted by Crippen LogP contribution is 2.21. The summed E-state index contributed by atoms with van der Waals surface area (Å²) in [4.78, 5) is 11.1. The normalized spacial score (nSPS) is 11.8. The first-order valence-corrected chi connectivity index (χ1v) is 8.65. The Morgan fingerprint density at radius 3 is 2.48 bits per heavy atom. The van der Waals surface area contributed by atoms with Gasteiger partial charge in [-0.25, -0.2) is 13.2 Å². The van der Waals surface area contributed by atoms with Crippen molar-refractivity contribution in [2.24, 2.45) is 7.05 Å². The maximum absolute atomic E-state index is 12.8. The molecular weight excluding hydrogens is 316 g/mol. The van der Waals surface area contributed by atoms with Gasteiger partial charge in [-0.2, -0.15) is 4.31 Å². The Balaban J connectivity index is 2.38. The van der Waals surface area contributed by atoms with Crippen LogP contribution in [0.15, 0.2) is 41.4 Å². The van der Waals surface area contributed by atoms with Gasteiger partial charge in [-0.1, -0.05) is 31.2 Å². The lowest BCUT2D eigenvalue weighted by molar-refractivity contribution is 0.0686. The molecule has 1 aromatic heterocycles. The zero-order valence-electron chi connectivity index (χ0n) is 13.4. The summed E-state index contributed by atoms with van der Waals surface area (Å²) < 4.78 is 28.2. The van der Waals surface area contributed by atoms with Crippen LogP contribution in [0.5, 0.6) is 0 Å². The van der Waals surface area contributed by atoms with Gasteiger partial charge >= 0.3 is 5.97 Å². The minimum absolute atomic E-state index is 0.00664. The molecule has 0 saturated heterocycles. The molecule has 0 aliphatic carbocycles. The first-order chi connectivity index (χ1) is 10.8. The zero-order chi connectivity index (χ0) is 17.2. The minimum atomic E-state index is -3.75. The van der Waals surface area contributed by atoms with E-state index in [1.807, 2.05) is 31.2 Å². The van der Waals surface area contributed by atoms with Gasteiger partial charge in [0.1, 0.15) is 10.6 Å². The van der Waals surface area contributed by atoms with Crippen LogP contribution < -0.4 is 0 Å². The summed E-state index contributed by atoms with van der Waals surface area (Å²) in [6.07, 6.45) is 1.33. The van der Waals surface area contributed by atoms with Crippen molar-refractivity contribution in [3.05, 3.63) is 53.3 Å². The number of nitrogens with zero attached hydrogens (tertiary/aromatic N) is 2. The minimum Gasteiger partial charge on any atom is -0.477 e. The molecule has 0 atom stereocenters. The van der Waals surface area contributed by atoms with Gasteiger partial charge in [0, 0.05) is 26.3 Å². The molecule has 1 N–H and O–H groups in total. The third-order valence-electron chi connectivity index (χ3n) is 3.80. The van der Waals surface area contributed by atoms with Crippen LogP contribution in [0.25, 0.3) is 0 Å². The van der Waals surface area contributed by atoms with Gasteiger partial charge in [0.2, 0.25) is 10.0 Å². The van der Waals surface area contributed by atoms with E-state index in [1.165, 1.54) is 28.2 Å². The Labute approximate surface area is 136 Å². The molecule has 2 aromatic rings. The summed E-state index contributed by atoms with van der Waals surface area (Å²) in [5.74, 6) is -1.16. The van der Waals surface area contributed by atoms with E-state index in [1.54, 1.807) is 6.92 Å². The Bertz CT molecular complexity index is 824. The second-order valence-electron chi connectivity index (χ2n) is 5.33. The van der Waals surface area contributed by atoms with Crippen molar-refractivity contribution in [1.82, 2.24) is 8.87 Å². The largest absolute Gasteiger partial charge is 0.477 e. The van der Waals surface area contributed by atoms with E-state index >= 15 is 0 Å². The lowest BCUT2D eigenvalue weighted by atomic mass is 10.1.